The van der Waals surface area contributed by atoms with Crippen LogP contribution in [0.3, 0.4) is 0 Å². The minimum absolute atomic E-state index is 0.583. The van der Waals surface area contributed by atoms with E-state index >= 15 is 0 Å². The summed E-state index contributed by atoms with van der Waals surface area (Å²) in [5, 5.41) is 4.31. The quantitative estimate of drug-likeness (QED) is 0.725. The lowest BCUT2D eigenvalue weighted by molar-refractivity contribution is 0.509. The van der Waals surface area contributed by atoms with Crippen LogP contribution in [0.1, 0.15) is 19.0 Å². The van der Waals surface area contributed by atoms with Crippen LogP contribution in [0.4, 0.5) is 0 Å². The fourth-order valence-corrected chi connectivity index (χ4v) is 1.26. The Morgan fingerprint density at radius 3 is 2.83 bits per heavy atom. The Balaban J connectivity index is 2.50. The molecule has 0 spiro atoms. The average molecular weight is 167 g/mol. The van der Waals surface area contributed by atoms with Crippen LogP contribution < -0.4 is 5.73 Å². The molecule has 0 aromatic carbocycles. The zero-order valence-electron chi connectivity index (χ0n) is 7.83. The molecule has 2 N–H and O–H groups in total. The van der Waals surface area contributed by atoms with Crippen molar-refractivity contribution in [2.24, 2.45) is 18.7 Å². The summed E-state index contributed by atoms with van der Waals surface area (Å²) < 4.78 is 1.83. The van der Waals surface area contributed by atoms with Crippen molar-refractivity contribution < 1.29 is 0 Å². The molecular formula is C9H17N3. The first-order valence-corrected chi connectivity index (χ1v) is 4.44. The second-order valence-corrected chi connectivity index (χ2v) is 3.19. The van der Waals surface area contributed by atoms with E-state index in [0.717, 1.165) is 25.1 Å². The molecule has 0 aliphatic rings. The summed E-state index contributed by atoms with van der Waals surface area (Å²) in [6, 6.07) is 2.05. The Morgan fingerprint density at radius 2 is 2.42 bits per heavy atom. The van der Waals surface area contributed by atoms with Crippen molar-refractivity contribution >= 4 is 0 Å². The van der Waals surface area contributed by atoms with Crippen LogP contribution in [0.2, 0.25) is 0 Å². The van der Waals surface area contributed by atoms with E-state index in [4.69, 9.17) is 5.73 Å². The molecule has 1 unspecified atom stereocenters. The molecule has 0 aliphatic carbocycles. The fourth-order valence-electron chi connectivity index (χ4n) is 1.26. The first-order valence-electron chi connectivity index (χ1n) is 4.44. The van der Waals surface area contributed by atoms with E-state index in [1.54, 1.807) is 0 Å². The van der Waals surface area contributed by atoms with Gasteiger partial charge in [0.05, 0.1) is 5.69 Å². The van der Waals surface area contributed by atoms with Crippen molar-refractivity contribution in [3.05, 3.63) is 18.0 Å². The van der Waals surface area contributed by atoms with Crippen molar-refractivity contribution in [2.75, 3.05) is 6.54 Å². The molecule has 0 fully saturated rings. The highest BCUT2D eigenvalue weighted by Gasteiger charge is 2.06. The lowest BCUT2D eigenvalue weighted by Crippen LogP contribution is -2.16. The van der Waals surface area contributed by atoms with Gasteiger partial charge in [0.15, 0.2) is 0 Å². The first kappa shape index (κ1) is 9.26. The van der Waals surface area contributed by atoms with Gasteiger partial charge >= 0.3 is 0 Å². The third kappa shape index (κ3) is 2.34. The Kier molecular flexibility index (Phi) is 3.29. The Labute approximate surface area is 73.6 Å². The predicted octanol–water partition coefficient (Wildman–Crippen LogP) is 0.947. The smallest absolute Gasteiger partial charge is 0.0627 e. The number of hydrogen-bond donors (Lipinski definition) is 1. The molecule has 1 rings (SSSR count). The first-order chi connectivity index (χ1) is 5.76. The zero-order valence-corrected chi connectivity index (χ0v) is 7.83. The minimum Gasteiger partial charge on any atom is -0.330 e. The molecule has 0 amide bonds. The molecular weight excluding hydrogens is 150 g/mol. The van der Waals surface area contributed by atoms with E-state index in [1.807, 2.05) is 17.9 Å². The molecule has 0 bridgehead atoms. The molecule has 1 heterocycles. The summed E-state index contributed by atoms with van der Waals surface area (Å²) in [7, 11) is 1.94. The van der Waals surface area contributed by atoms with Gasteiger partial charge in [-0.25, -0.2) is 0 Å². The van der Waals surface area contributed by atoms with E-state index in [2.05, 4.69) is 18.1 Å². The van der Waals surface area contributed by atoms with Crippen molar-refractivity contribution in [2.45, 2.75) is 19.8 Å². The summed E-state index contributed by atoms with van der Waals surface area (Å²) in [5.41, 5.74) is 6.75. The SMILES string of the molecule is CCC(CN)Cc1ccn(C)n1. The van der Waals surface area contributed by atoms with Gasteiger partial charge in [-0.15, -0.1) is 0 Å². The number of rotatable bonds is 4. The van der Waals surface area contributed by atoms with Crippen LogP contribution in [-0.4, -0.2) is 16.3 Å². The minimum atomic E-state index is 0.583. The third-order valence-electron chi connectivity index (χ3n) is 2.18. The van der Waals surface area contributed by atoms with E-state index in [9.17, 15) is 0 Å². The predicted molar refractivity (Wildman–Crippen MR) is 49.7 cm³/mol. The van der Waals surface area contributed by atoms with Crippen LogP contribution in [0, 0.1) is 5.92 Å². The van der Waals surface area contributed by atoms with E-state index < -0.39 is 0 Å². The number of aromatic nitrogens is 2. The highest BCUT2D eigenvalue weighted by molar-refractivity contribution is 4.99. The molecule has 0 aliphatic heterocycles. The molecule has 12 heavy (non-hydrogen) atoms. The lowest BCUT2D eigenvalue weighted by atomic mass is 10.0. The average Bonchev–Trinajstić information content (AvgIpc) is 2.47. The molecule has 68 valence electrons. The van der Waals surface area contributed by atoms with Gasteiger partial charge in [0.2, 0.25) is 0 Å². The van der Waals surface area contributed by atoms with Gasteiger partial charge in [0.25, 0.3) is 0 Å². The van der Waals surface area contributed by atoms with E-state index in [1.165, 1.54) is 0 Å². The van der Waals surface area contributed by atoms with E-state index in [0.29, 0.717) is 5.92 Å². The highest BCUT2D eigenvalue weighted by Crippen LogP contribution is 2.08. The van der Waals surface area contributed by atoms with Gasteiger partial charge in [0, 0.05) is 13.2 Å². The van der Waals surface area contributed by atoms with Crippen molar-refractivity contribution in [3.8, 4) is 0 Å². The van der Waals surface area contributed by atoms with Crippen LogP contribution in [0.25, 0.3) is 0 Å². The maximum Gasteiger partial charge on any atom is 0.0627 e. The van der Waals surface area contributed by atoms with Gasteiger partial charge in [-0.3, -0.25) is 4.68 Å². The van der Waals surface area contributed by atoms with Crippen LogP contribution in [-0.2, 0) is 13.5 Å². The Morgan fingerprint density at radius 1 is 1.67 bits per heavy atom. The number of nitrogens with two attached hydrogens (primary N) is 1. The second kappa shape index (κ2) is 4.26. The zero-order chi connectivity index (χ0) is 8.97. The third-order valence-corrected chi connectivity index (χ3v) is 2.18. The maximum atomic E-state index is 5.60. The van der Waals surface area contributed by atoms with Crippen LogP contribution in [0.15, 0.2) is 12.3 Å². The fraction of sp³-hybridized carbons (Fsp3) is 0.667. The number of aryl methyl sites for hydroxylation is 1. The standard InChI is InChI=1S/C9H17N3/c1-3-8(7-10)6-9-4-5-12(2)11-9/h4-5,8H,3,6-7,10H2,1-2H3. The number of nitrogens with zero attached hydrogens (tertiary/aromatic N) is 2. The highest BCUT2D eigenvalue weighted by atomic mass is 15.2. The van der Waals surface area contributed by atoms with E-state index in [-0.39, 0.29) is 0 Å². The summed E-state index contributed by atoms with van der Waals surface area (Å²) >= 11 is 0. The molecule has 1 aromatic rings. The Hall–Kier alpha value is -0.830. The van der Waals surface area contributed by atoms with Gasteiger partial charge in [-0.2, -0.15) is 5.10 Å². The van der Waals surface area contributed by atoms with Crippen molar-refractivity contribution in [1.29, 1.82) is 0 Å². The molecule has 3 heteroatoms. The Bertz CT molecular complexity index is 225. The van der Waals surface area contributed by atoms with Gasteiger partial charge < -0.3 is 5.73 Å². The normalized spacial score (nSPS) is 13.2. The topological polar surface area (TPSA) is 43.8 Å². The van der Waals surface area contributed by atoms with Crippen molar-refractivity contribution in [3.63, 3.8) is 0 Å². The van der Waals surface area contributed by atoms with Crippen molar-refractivity contribution in [1.82, 2.24) is 9.78 Å². The lowest BCUT2D eigenvalue weighted by Gasteiger charge is -2.08. The summed E-state index contributed by atoms with van der Waals surface area (Å²) in [4.78, 5) is 0. The molecule has 1 atom stereocenters. The summed E-state index contributed by atoms with van der Waals surface area (Å²) in [5.74, 6) is 0.583. The molecule has 0 saturated heterocycles. The molecule has 1 aromatic heterocycles. The monoisotopic (exact) mass is 167 g/mol. The molecule has 0 radical (unpaired) electrons. The van der Waals surface area contributed by atoms with Gasteiger partial charge in [-0.1, -0.05) is 13.3 Å². The van der Waals surface area contributed by atoms with Crippen LogP contribution in [0.5, 0.6) is 0 Å². The maximum absolute atomic E-state index is 5.60. The molecule has 3 nitrogen and oxygen atoms in total. The number of hydrogen-bond acceptors (Lipinski definition) is 2. The second-order valence-electron chi connectivity index (χ2n) is 3.19. The summed E-state index contributed by atoms with van der Waals surface area (Å²) in [6.45, 7) is 2.92. The van der Waals surface area contributed by atoms with Gasteiger partial charge in [0.1, 0.15) is 0 Å². The largest absolute Gasteiger partial charge is 0.330 e. The van der Waals surface area contributed by atoms with Gasteiger partial charge in [-0.05, 0) is 24.9 Å². The summed E-state index contributed by atoms with van der Waals surface area (Å²) in [6.07, 6.45) is 4.11. The van der Waals surface area contributed by atoms with Crippen LogP contribution >= 0.6 is 0 Å². The molecule has 0 saturated carbocycles.